The van der Waals surface area contributed by atoms with Crippen molar-refractivity contribution >= 4 is 40.1 Å². The van der Waals surface area contributed by atoms with E-state index >= 15 is 0 Å². The van der Waals surface area contributed by atoms with E-state index in [2.05, 4.69) is 33.2 Å². The van der Waals surface area contributed by atoms with E-state index in [1.165, 1.54) is 0 Å². The summed E-state index contributed by atoms with van der Waals surface area (Å²) < 4.78 is 1.01. The maximum Gasteiger partial charge on any atom is 0.279 e. The second-order valence-electron chi connectivity index (χ2n) is 4.23. The first-order chi connectivity index (χ1) is 8.65. The van der Waals surface area contributed by atoms with E-state index in [-0.39, 0.29) is 11.8 Å². The number of hydrogen-bond acceptors (Lipinski definition) is 2. The van der Waals surface area contributed by atoms with Gasteiger partial charge in [0, 0.05) is 3.57 Å². The zero-order valence-electron chi connectivity index (χ0n) is 9.83. The van der Waals surface area contributed by atoms with E-state index in [0.717, 1.165) is 20.7 Å². The Balaban J connectivity index is 1.89. The van der Waals surface area contributed by atoms with Crippen LogP contribution in [0, 0.1) is 3.57 Å². The molecule has 0 radical (unpaired) electrons. The number of para-hydroxylation sites is 1. The molecule has 6 heteroatoms. The number of carbonyl (C=O) groups excluding carboxylic acids is 2. The Hall–Kier alpha value is -1.15. The maximum absolute atomic E-state index is 11.9. The Kier molecular flexibility index (Phi) is 4.54. The van der Waals surface area contributed by atoms with Crippen molar-refractivity contribution in [2.75, 3.05) is 31.5 Å². The summed E-state index contributed by atoms with van der Waals surface area (Å²) in [7, 11) is 0. The van der Waals surface area contributed by atoms with Crippen molar-refractivity contribution in [1.29, 1.82) is 0 Å². The SMILES string of the molecule is O=C1C[NH+](CC(=O)Nc2ccccc2I)CCN1. The molecule has 1 saturated heterocycles. The van der Waals surface area contributed by atoms with Crippen LogP contribution in [0.5, 0.6) is 0 Å². The van der Waals surface area contributed by atoms with E-state index < -0.39 is 0 Å². The molecule has 1 aliphatic heterocycles. The van der Waals surface area contributed by atoms with Gasteiger partial charge in [-0.1, -0.05) is 12.1 Å². The zero-order chi connectivity index (χ0) is 13.0. The quantitative estimate of drug-likeness (QED) is 0.621. The number of rotatable bonds is 3. The van der Waals surface area contributed by atoms with Crippen LogP contribution in [0.2, 0.25) is 0 Å². The first kappa shape index (κ1) is 13.3. The summed E-state index contributed by atoms with van der Waals surface area (Å²) in [6.07, 6.45) is 0. The lowest BCUT2D eigenvalue weighted by Gasteiger charge is -2.23. The van der Waals surface area contributed by atoms with Gasteiger partial charge in [-0.25, -0.2) is 0 Å². The molecule has 1 atom stereocenters. The van der Waals surface area contributed by atoms with Gasteiger partial charge >= 0.3 is 0 Å². The van der Waals surface area contributed by atoms with Gasteiger partial charge in [-0.2, -0.15) is 0 Å². The molecule has 1 heterocycles. The van der Waals surface area contributed by atoms with Crippen molar-refractivity contribution in [3.05, 3.63) is 27.8 Å². The number of anilines is 1. The van der Waals surface area contributed by atoms with Crippen molar-refractivity contribution in [1.82, 2.24) is 5.32 Å². The van der Waals surface area contributed by atoms with Gasteiger partial charge < -0.3 is 15.5 Å². The standard InChI is InChI=1S/C12H14IN3O2/c13-9-3-1-2-4-10(9)15-12(18)8-16-6-5-14-11(17)7-16/h1-4H,5-8H2,(H,14,17)(H,15,18)/p+1. The molecule has 0 aromatic heterocycles. The minimum atomic E-state index is -0.0520. The first-order valence-electron chi connectivity index (χ1n) is 5.80. The van der Waals surface area contributed by atoms with Crippen molar-refractivity contribution in [2.24, 2.45) is 0 Å². The van der Waals surface area contributed by atoms with E-state index in [4.69, 9.17) is 0 Å². The summed E-state index contributed by atoms with van der Waals surface area (Å²) in [4.78, 5) is 24.1. The van der Waals surface area contributed by atoms with Crippen LogP contribution in [0.25, 0.3) is 0 Å². The molecule has 0 bridgehead atoms. The molecule has 1 unspecified atom stereocenters. The highest BCUT2D eigenvalue weighted by Gasteiger charge is 2.22. The fraction of sp³-hybridized carbons (Fsp3) is 0.333. The number of quaternary nitrogens is 1. The van der Waals surface area contributed by atoms with Gasteiger partial charge in [-0.05, 0) is 34.7 Å². The number of benzene rings is 1. The van der Waals surface area contributed by atoms with Gasteiger partial charge in [0.05, 0.1) is 18.8 Å². The van der Waals surface area contributed by atoms with E-state index in [0.29, 0.717) is 19.6 Å². The molecular weight excluding hydrogens is 345 g/mol. The lowest BCUT2D eigenvalue weighted by atomic mass is 10.3. The number of nitrogens with one attached hydrogen (secondary N) is 3. The summed E-state index contributed by atoms with van der Waals surface area (Å²) in [5.74, 6) is -0.0397. The van der Waals surface area contributed by atoms with Crippen LogP contribution in [0.4, 0.5) is 5.69 Å². The average Bonchev–Trinajstić information content (AvgIpc) is 2.32. The van der Waals surface area contributed by atoms with Gasteiger partial charge in [0.1, 0.15) is 0 Å². The summed E-state index contributed by atoms with van der Waals surface area (Å²) in [6, 6.07) is 7.63. The van der Waals surface area contributed by atoms with Gasteiger partial charge in [-0.3, -0.25) is 9.59 Å². The maximum atomic E-state index is 11.9. The topological polar surface area (TPSA) is 62.6 Å². The monoisotopic (exact) mass is 360 g/mol. The molecule has 18 heavy (non-hydrogen) atoms. The Morgan fingerprint density at radius 3 is 2.94 bits per heavy atom. The van der Waals surface area contributed by atoms with Crippen molar-refractivity contribution in [3.8, 4) is 0 Å². The minimum Gasteiger partial charge on any atom is -0.346 e. The third-order valence-corrected chi connectivity index (χ3v) is 3.71. The molecule has 2 amide bonds. The predicted molar refractivity (Wildman–Crippen MR) is 76.4 cm³/mol. The number of carbonyl (C=O) groups is 2. The first-order valence-corrected chi connectivity index (χ1v) is 6.87. The molecular formula is C12H15IN3O2+. The van der Waals surface area contributed by atoms with E-state index in [1.54, 1.807) is 0 Å². The highest BCUT2D eigenvalue weighted by molar-refractivity contribution is 14.1. The van der Waals surface area contributed by atoms with Crippen molar-refractivity contribution in [3.63, 3.8) is 0 Å². The lowest BCUT2D eigenvalue weighted by Crippen LogP contribution is -3.16. The molecule has 1 fully saturated rings. The minimum absolute atomic E-state index is 0.0124. The normalized spacial score (nSPS) is 19.2. The van der Waals surface area contributed by atoms with Crippen LogP contribution in [-0.4, -0.2) is 38.0 Å². The average molecular weight is 360 g/mol. The van der Waals surface area contributed by atoms with Gasteiger partial charge in [-0.15, -0.1) is 0 Å². The second kappa shape index (κ2) is 6.14. The fourth-order valence-electron chi connectivity index (χ4n) is 1.89. The Morgan fingerprint density at radius 1 is 1.44 bits per heavy atom. The number of amides is 2. The third-order valence-electron chi connectivity index (χ3n) is 2.77. The van der Waals surface area contributed by atoms with E-state index in [1.807, 2.05) is 24.3 Å². The molecule has 1 aromatic rings. The molecule has 1 aliphatic rings. The molecule has 1 aromatic carbocycles. The van der Waals surface area contributed by atoms with Gasteiger partial charge in [0.15, 0.2) is 13.1 Å². The molecule has 3 N–H and O–H groups in total. The molecule has 0 spiro atoms. The van der Waals surface area contributed by atoms with E-state index in [9.17, 15) is 9.59 Å². The predicted octanol–water partition coefficient (Wildman–Crippen LogP) is -0.756. The van der Waals surface area contributed by atoms with Crippen LogP contribution in [-0.2, 0) is 9.59 Å². The highest BCUT2D eigenvalue weighted by Crippen LogP contribution is 2.16. The largest absolute Gasteiger partial charge is 0.346 e. The number of hydrogen-bond donors (Lipinski definition) is 3. The smallest absolute Gasteiger partial charge is 0.279 e. The van der Waals surface area contributed by atoms with Crippen LogP contribution < -0.4 is 15.5 Å². The Bertz CT molecular complexity index is 464. The van der Waals surface area contributed by atoms with Crippen LogP contribution >= 0.6 is 22.6 Å². The second-order valence-corrected chi connectivity index (χ2v) is 5.39. The highest BCUT2D eigenvalue weighted by atomic mass is 127. The van der Waals surface area contributed by atoms with Gasteiger partial charge in [0.2, 0.25) is 0 Å². The van der Waals surface area contributed by atoms with Crippen LogP contribution in [0.15, 0.2) is 24.3 Å². The zero-order valence-corrected chi connectivity index (χ0v) is 12.0. The van der Waals surface area contributed by atoms with Crippen molar-refractivity contribution < 1.29 is 14.5 Å². The summed E-state index contributed by atoms with van der Waals surface area (Å²) in [6.45, 7) is 2.15. The van der Waals surface area contributed by atoms with Crippen LogP contribution in [0.3, 0.4) is 0 Å². The lowest BCUT2D eigenvalue weighted by molar-refractivity contribution is -0.885. The molecule has 96 valence electrons. The summed E-state index contributed by atoms with van der Waals surface area (Å²) >= 11 is 2.18. The van der Waals surface area contributed by atoms with Crippen molar-refractivity contribution in [2.45, 2.75) is 0 Å². The number of piperazine rings is 1. The Labute approximate surface area is 119 Å². The van der Waals surface area contributed by atoms with Gasteiger partial charge in [0.25, 0.3) is 11.8 Å². The third kappa shape index (κ3) is 3.67. The fourth-order valence-corrected chi connectivity index (χ4v) is 2.41. The Morgan fingerprint density at radius 2 is 2.22 bits per heavy atom. The molecule has 5 nitrogen and oxygen atoms in total. The summed E-state index contributed by atoms with van der Waals surface area (Å²) in [5.41, 5.74) is 0.823. The molecule has 2 rings (SSSR count). The van der Waals surface area contributed by atoms with Crippen LogP contribution in [0.1, 0.15) is 0 Å². The molecule has 0 aliphatic carbocycles. The number of halogens is 1. The summed E-state index contributed by atoms with van der Waals surface area (Å²) in [5, 5.41) is 5.62. The molecule has 0 saturated carbocycles.